The van der Waals surface area contributed by atoms with Crippen LogP contribution in [0, 0.1) is 17.8 Å². The van der Waals surface area contributed by atoms with Crippen molar-refractivity contribution < 1.29 is 24.3 Å². The molecule has 3 amide bonds. The highest BCUT2D eigenvalue weighted by molar-refractivity contribution is 6.36. The molecule has 0 unspecified atom stereocenters. The standard InChI is InChI=1S/C30H24Cl2N2O5/c1-15(2)24(25(35)33-17-13-11-16(12-14-17)28(38)39)34-26(36)22-23(27(34)37)30(32)19-8-4-3-7-18(19)29(22,31)20-9-5-6-10-21(20)30/h3-15,22-24H,1-2H3,(H,33,35)(H,38,39)/t22-,23-,24+,29?,30?/m1/s1. The molecule has 1 saturated heterocycles. The Bertz CT molecular complexity index is 1450. The van der Waals surface area contributed by atoms with Crippen molar-refractivity contribution in [3.8, 4) is 0 Å². The highest BCUT2D eigenvalue weighted by atomic mass is 35.5. The van der Waals surface area contributed by atoms with Crippen molar-refractivity contribution in [2.75, 3.05) is 5.32 Å². The third-order valence-corrected chi connectivity index (χ3v) is 9.48. The molecule has 3 aromatic carbocycles. The Morgan fingerprint density at radius 3 is 1.56 bits per heavy atom. The number of carbonyl (C=O) groups is 4. The number of hydrogen-bond donors (Lipinski definition) is 2. The molecular formula is C30H24Cl2N2O5. The predicted molar refractivity (Wildman–Crippen MR) is 146 cm³/mol. The van der Waals surface area contributed by atoms with Gasteiger partial charge in [-0.05, 0) is 52.4 Å². The van der Waals surface area contributed by atoms with E-state index in [1.165, 1.54) is 24.3 Å². The van der Waals surface area contributed by atoms with Gasteiger partial charge in [0, 0.05) is 5.69 Å². The molecule has 7 nitrogen and oxygen atoms in total. The van der Waals surface area contributed by atoms with E-state index in [1.54, 1.807) is 13.8 Å². The van der Waals surface area contributed by atoms with E-state index in [-0.39, 0.29) is 5.56 Å². The minimum Gasteiger partial charge on any atom is -0.478 e. The van der Waals surface area contributed by atoms with Gasteiger partial charge >= 0.3 is 5.97 Å². The molecule has 7 rings (SSSR count). The number of rotatable bonds is 5. The Hall–Kier alpha value is -3.68. The maximum atomic E-state index is 14.2. The summed E-state index contributed by atoms with van der Waals surface area (Å²) in [5, 5.41) is 11.9. The number of nitrogens with zero attached hydrogens (tertiary/aromatic N) is 1. The average Bonchev–Trinajstić information content (AvgIpc) is 3.18. The number of carboxylic acids is 1. The highest BCUT2D eigenvalue weighted by Gasteiger charge is 2.73. The topological polar surface area (TPSA) is 104 Å². The van der Waals surface area contributed by atoms with Crippen LogP contribution in [0.5, 0.6) is 0 Å². The van der Waals surface area contributed by atoms with Crippen molar-refractivity contribution >= 4 is 52.6 Å². The van der Waals surface area contributed by atoms with Crippen molar-refractivity contribution in [3.05, 3.63) is 101 Å². The highest BCUT2D eigenvalue weighted by Crippen LogP contribution is 2.69. The summed E-state index contributed by atoms with van der Waals surface area (Å²) in [6.07, 6.45) is 0. The van der Waals surface area contributed by atoms with Crippen LogP contribution in [-0.4, -0.2) is 39.7 Å². The lowest BCUT2D eigenvalue weighted by molar-refractivity contribution is -0.148. The van der Waals surface area contributed by atoms with Crippen molar-refractivity contribution in [2.45, 2.75) is 29.6 Å². The molecule has 1 aliphatic heterocycles. The molecule has 4 aliphatic rings. The molecule has 0 saturated carbocycles. The van der Waals surface area contributed by atoms with Gasteiger partial charge in [0.1, 0.15) is 15.8 Å². The third kappa shape index (κ3) is 3.29. The van der Waals surface area contributed by atoms with Crippen molar-refractivity contribution in [3.63, 3.8) is 0 Å². The van der Waals surface area contributed by atoms with Gasteiger partial charge in [-0.3, -0.25) is 19.3 Å². The van der Waals surface area contributed by atoms with E-state index in [2.05, 4.69) is 5.32 Å². The van der Waals surface area contributed by atoms with Crippen LogP contribution >= 0.6 is 23.2 Å². The van der Waals surface area contributed by atoms with Crippen LogP contribution in [-0.2, 0) is 24.1 Å². The van der Waals surface area contributed by atoms with Gasteiger partial charge in [-0.25, -0.2) is 4.79 Å². The molecule has 9 heteroatoms. The van der Waals surface area contributed by atoms with Crippen LogP contribution in [0.1, 0.15) is 46.5 Å². The second-order valence-electron chi connectivity index (χ2n) is 10.6. The van der Waals surface area contributed by atoms with Gasteiger partial charge in [-0.1, -0.05) is 62.4 Å². The molecule has 2 bridgehead atoms. The number of aromatic carboxylic acids is 1. The van der Waals surface area contributed by atoms with E-state index >= 15 is 0 Å². The number of alkyl halides is 2. The number of imide groups is 1. The number of nitrogens with one attached hydrogen (secondary N) is 1. The monoisotopic (exact) mass is 562 g/mol. The number of carbonyl (C=O) groups excluding carboxylic acids is 3. The lowest BCUT2D eigenvalue weighted by Crippen LogP contribution is -2.57. The Morgan fingerprint density at radius 1 is 0.795 bits per heavy atom. The number of halogens is 2. The first-order valence-electron chi connectivity index (χ1n) is 12.6. The smallest absolute Gasteiger partial charge is 0.335 e. The number of anilines is 1. The molecule has 0 aromatic heterocycles. The van der Waals surface area contributed by atoms with Gasteiger partial charge in [-0.15, -0.1) is 23.2 Å². The minimum absolute atomic E-state index is 0.0665. The first-order chi connectivity index (χ1) is 18.5. The lowest BCUT2D eigenvalue weighted by Gasteiger charge is -2.54. The second kappa shape index (κ2) is 8.66. The molecule has 1 fully saturated rings. The Balaban J connectivity index is 1.44. The quantitative estimate of drug-likeness (QED) is 0.338. The van der Waals surface area contributed by atoms with E-state index in [0.717, 1.165) is 4.90 Å². The SMILES string of the molecule is CC(C)[C@@H](C(=O)Nc1ccc(C(=O)O)cc1)N1C(=O)[C@H]2[C@H](C1=O)C1(Cl)c3ccccc3C2(Cl)c2ccccc21. The van der Waals surface area contributed by atoms with E-state index in [4.69, 9.17) is 28.3 Å². The molecule has 39 heavy (non-hydrogen) atoms. The number of benzene rings is 3. The summed E-state index contributed by atoms with van der Waals surface area (Å²) < 4.78 is 0. The molecule has 3 atom stereocenters. The molecule has 2 N–H and O–H groups in total. The van der Waals surface area contributed by atoms with Crippen LogP contribution in [0.2, 0.25) is 0 Å². The number of amides is 3. The van der Waals surface area contributed by atoms with Gasteiger partial charge < -0.3 is 10.4 Å². The minimum atomic E-state index is -1.33. The van der Waals surface area contributed by atoms with Gasteiger partial charge in [0.05, 0.1) is 17.4 Å². The molecule has 1 heterocycles. The Morgan fingerprint density at radius 2 is 1.21 bits per heavy atom. The lowest BCUT2D eigenvalue weighted by atomic mass is 9.54. The summed E-state index contributed by atoms with van der Waals surface area (Å²) in [5.74, 6) is -5.17. The molecule has 198 valence electrons. The molecule has 3 aromatic rings. The zero-order valence-electron chi connectivity index (χ0n) is 21.0. The fraction of sp³-hybridized carbons (Fsp3) is 0.267. The van der Waals surface area contributed by atoms with Crippen molar-refractivity contribution in [2.24, 2.45) is 17.8 Å². The van der Waals surface area contributed by atoms with Crippen LogP contribution in [0.25, 0.3) is 0 Å². The van der Waals surface area contributed by atoms with Gasteiger partial charge in [0.15, 0.2) is 0 Å². The number of hydrogen-bond acceptors (Lipinski definition) is 4. The largest absolute Gasteiger partial charge is 0.478 e. The number of carboxylic acid groups (broad SMARTS) is 1. The summed E-state index contributed by atoms with van der Waals surface area (Å²) in [6, 6.07) is 19.2. The van der Waals surface area contributed by atoms with Crippen LogP contribution in [0.15, 0.2) is 72.8 Å². The molecule has 3 aliphatic carbocycles. The summed E-state index contributed by atoms with van der Waals surface area (Å²) in [5.41, 5.74) is 3.16. The van der Waals surface area contributed by atoms with E-state index < -0.39 is 57.2 Å². The summed E-state index contributed by atoms with van der Waals surface area (Å²) in [4.78, 5) is 51.7. The van der Waals surface area contributed by atoms with Crippen LogP contribution < -0.4 is 5.32 Å². The zero-order valence-corrected chi connectivity index (χ0v) is 22.5. The summed E-state index contributed by atoms with van der Waals surface area (Å²) in [6.45, 7) is 3.51. The first kappa shape index (κ1) is 25.6. The Kier molecular flexibility index (Phi) is 5.68. The fourth-order valence-electron chi connectivity index (χ4n) is 6.59. The van der Waals surface area contributed by atoms with E-state index in [9.17, 15) is 19.2 Å². The van der Waals surface area contributed by atoms with E-state index in [1.807, 2.05) is 48.5 Å². The predicted octanol–water partition coefficient (Wildman–Crippen LogP) is 4.94. The summed E-state index contributed by atoms with van der Waals surface area (Å²) >= 11 is 14.9. The van der Waals surface area contributed by atoms with Gasteiger partial charge in [0.2, 0.25) is 17.7 Å². The normalized spacial score (nSPS) is 27.2. The van der Waals surface area contributed by atoms with Crippen LogP contribution in [0.3, 0.4) is 0 Å². The first-order valence-corrected chi connectivity index (χ1v) is 13.4. The van der Waals surface area contributed by atoms with Gasteiger partial charge in [-0.2, -0.15) is 0 Å². The van der Waals surface area contributed by atoms with Crippen molar-refractivity contribution in [1.29, 1.82) is 0 Å². The van der Waals surface area contributed by atoms with Crippen LogP contribution in [0.4, 0.5) is 5.69 Å². The maximum Gasteiger partial charge on any atom is 0.335 e. The Labute approximate surface area is 234 Å². The average molecular weight is 563 g/mol. The maximum absolute atomic E-state index is 14.2. The number of likely N-dealkylation sites (tertiary alicyclic amines) is 1. The third-order valence-electron chi connectivity index (χ3n) is 8.20. The molecule has 0 radical (unpaired) electrons. The molecule has 0 spiro atoms. The van der Waals surface area contributed by atoms with E-state index in [0.29, 0.717) is 27.9 Å². The zero-order chi connectivity index (χ0) is 27.9. The second-order valence-corrected chi connectivity index (χ2v) is 11.8. The fourth-order valence-corrected chi connectivity index (χ4v) is 7.69. The van der Waals surface area contributed by atoms with Crippen molar-refractivity contribution in [1.82, 2.24) is 4.90 Å². The summed E-state index contributed by atoms with van der Waals surface area (Å²) in [7, 11) is 0. The van der Waals surface area contributed by atoms with Gasteiger partial charge in [0.25, 0.3) is 0 Å². The molecular weight excluding hydrogens is 539 g/mol.